The van der Waals surface area contributed by atoms with E-state index < -0.39 is 5.41 Å². The Bertz CT molecular complexity index is 748. The molecule has 1 saturated carbocycles. The van der Waals surface area contributed by atoms with Crippen molar-refractivity contribution in [3.05, 3.63) is 35.4 Å². The molecule has 1 aromatic rings. The van der Waals surface area contributed by atoms with Crippen LogP contribution in [0.2, 0.25) is 0 Å². The zero-order valence-corrected chi connectivity index (χ0v) is 15.7. The summed E-state index contributed by atoms with van der Waals surface area (Å²) in [5.74, 6) is -1.24. The number of rotatable bonds is 7. The molecule has 1 aliphatic carbocycles. The Morgan fingerprint density at radius 3 is 2.19 bits per heavy atom. The van der Waals surface area contributed by atoms with Gasteiger partial charge in [0.2, 0.25) is 11.8 Å². The van der Waals surface area contributed by atoms with Crippen LogP contribution in [0.15, 0.2) is 24.3 Å². The molecule has 7 nitrogen and oxygen atoms in total. The van der Waals surface area contributed by atoms with Crippen LogP contribution in [0.3, 0.4) is 0 Å². The van der Waals surface area contributed by atoms with Crippen molar-refractivity contribution in [2.45, 2.75) is 45.6 Å². The predicted octanol–water partition coefficient (Wildman–Crippen LogP) is 1.48. The molecule has 0 spiro atoms. The molecule has 4 amide bonds. The van der Waals surface area contributed by atoms with Gasteiger partial charge < -0.3 is 10.6 Å². The number of hydrogen-bond acceptors (Lipinski definition) is 4. The third-order valence-electron chi connectivity index (χ3n) is 5.30. The standard InChI is InChI=1S/C20H25N3O4/c1-20(2,19(27)22-13-7-5-8-13)18(26)21-11-6-12-23-16(24)14-9-3-4-10-15(14)17(23)25/h3-4,9-10,13H,5-8,11-12H2,1-2H3,(H,21,26)(H,22,27). The zero-order valence-electron chi connectivity index (χ0n) is 15.7. The van der Waals surface area contributed by atoms with Crippen LogP contribution in [0.5, 0.6) is 0 Å². The van der Waals surface area contributed by atoms with Crippen molar-refractivity contribution in [3.8, 4) is 0 Å². The van der Waals surface area contributed by atoms with Gasteiger partial charge in [-0.2, -0.15) is 0 Å². The van der Waals surface area contributed by atoms with Crippen LogP contribution in [0.4, 0.5) is 0 Å². The second-order valence-corrected chi connectivity index (χ2v) is 7.64. The summed E-state index contributed by atoms with van der Waals surface area (Å²) < 4.78 is 0. The number of amides is 4. The molecule has 1 heterocycles. The lowest BCUT2D eigenvalue weighted by Crippen LogP contribution is -2.52. The van der Waals surface area contributed by atoms with Gasteiger partial charge in [-0.3, -0.25) is 24.1 Å². The molecule has 3 rings (SSSR count). The zero-order chi connectivity index (χ0) is 19.6. The quantitative estimate of drug-likeness (QED) is 0.431. The molecule has 0 bridgehead atoms. The molecule has 144 valence electrons. The van der Waals surface area contributed by atoms with Crippen LogP contribution in [0.25, 0.3) is 0 Å². The maximum Gasteiger partial charge on any atom is 0.261 e. The van der Waals surface area contributed by atoms with Crippen molar-refractivity contribution in [1.82, 2.24) is 15.5 Å². The van der Waals surface area contributed by atoms with E-state index in [0.717, 1.165) is 19.3 Å². The van der Waals surface area contributed by atoms with Gasteiger partial charge in [0.1, 0.15) is 5.41 Å². The third-order valence-corrected chi connectivity index (χ3v) is 5.30. The summed E-state index contributed by atoms with van der Waals surface area (Å²) in [6, 6.07) is 6.91. The number of carbonyl (C=O) groups is 4. The Hall–Kier alpha value is -2.70. The van der Waals surface area contributed by atoms with Crippen LogP contribution in [0, 0.1) is 5.41 Å². The number of benzene rings is 1. The van der Waals surface area contributed by atoms with Crippen molar-refractivity contribution < 1.29 is 19.2 Å². The maximum absolute atomic E-state index is 12.4. The predicted molar refractivity (Wildman–Crippen MR) is 99.0 cm³/mol. The van der Waals surface area contributed by atoms with Gasteiger partial charge in [-0.1, -0.05) is 12.1 Å². The lowest BCUT2D eigenvalue weighted by atomic mass is 9.87. The van der Waals surface area contributed by atoms with Crippen molar-refractivity contribution in [2.24, 2.45) is 5.41 Å². The SMILES string of the molecule is CC(C)(C(=O)NCCCN1C(=O)c2ccccc2C1=O)C(=O)NC1CCC1. The summed E-state index contributed by atoms with van der Waals surface area (Å²) >= 11 is 0. The summed E-state index contributed by atoms with van der Waals surface area (Å²) in [6.07, 6.45) is 3.46. The van der Waals surface area contributed by atoms with E-state index in [1.165, 1.54) is 4.90 Å². The topological polar surface area (TPSA) is 95.6 Å². The molecule has 1 aliphatic heterocycles. The summed E-state index contributed by atoms with van der Waals surface area (Å²) in [4.78, 5) is 50.4. The molecule has 7 heteroatoms. The van der Waals surface area contributed by atoms with Gasteiger partial charge in [0, 0.05) is 19.1 Å². The van der Waals surface area contributed by atoms with Crippen LogP contribution in [-0.2, 0) is 9.59 Å². The summed E-state index contributed by atoms with van der Waals surface area (Å²) in [5, 5.41) is 5.64. The van der Waals surface area contributed by atoms with E-state index in [4.69, 9.17) is 0 Å². The average molecular weight is 371 g/mol. The monoisotopic (exact) mass is 371 g/mol. The molecule has 0 unspecified atom stereocenters. The number of nitrogens with zero attached hydrogens (tertiary/aromatic N) is 1. The second-order valence-electron chi connectivity index (χ2n) is 7.64. The minimum absolute atomic E-state index is 0.179. The first-order chi connectivity index (χ1) is 12.8. The van der Waals surface area contributed by atoms with E-state index in [2.05, 4.69) is 10.6 Å². The lowest BCUT2D eigenvalue weighted by molar-refractivity contribution is -0.142. The van der Waals surface area contributed by atoms with Crippen LogP contribution in [0.1, 0.15) is 60.2 Å². The minimum atomic E-state index is -1.16. The number of hydrogen-bond donors (Lipinski definition) is 2. The number of carbonyl (C=O) groups excluding carboxylic acids is 4. The number of imide groups is 1. The van der Waals surface area contributed by atoms with Gasteiger partial charge >= 0.3 is 0 Å². The molecule has 2 aliphatic rings. The number of nitrogens with one attached hydrogen (secondary N) is 2. The summed E-state index contributed by atoms with van der Waals surface area (Å²) in [7, 11) is 0. The van der Waals surface area contributed by atoms with E-state index in [9.17, 15) is 19.2 Å². The van der Waals surface area contributed by atoms with Gasteiger partial charge in [0.05, 0.1) is 11.1 Å². The fraction of sp³-hybridized carbons (Fsp3) is 0.500. The van der Waals surface area contributed by atoms with Crippen LogP contribution >= 0.6 is 0 Å². The molecule has 0 atom stereocenters. The van der Waals surface area contributed by atoms with Gasteiger partial charge in [-0.15, -0.1) is 0 Å². The van der Waals surface area contributed by atoms with Gasteiger partial charge in [-0.25, -0.2) is 0 Å². The highest BCUT2D eigenvalue weighted by molar-refractivity contribution is 6.21. The molecule has 1 aromatic carbocycles. The van der Waals surface area contributed by atoms with E-state index in [0.29, 0.717) is 17.5 Å². The maximum atomic E-state index is 12.4. The molecule has 0 aromatic heterocycles. The Balaban J connectivity index is 1.46. The second kappa shape index (κ2) is 7.50. The fourth-order valence-electron chi connectivity index (χ4n) is 3.12. The molecule has 1 fully saturated rings. The first kappa shape index (κ1) is 19.1. The average Bonchev–Trinajstić information content (AvgIpc) is 2.86. The van der Waals surface area contributed by atoms with E-state index >= 15 is 0 Å². The minimum Gasteiger partial charge on any atom is -0.355 e. The third kappa shape index (κ3) is 3.72. The molecule has 2 N–H and O–H groups in total. The Kier molecular flexibility index (Phi) is 5.30. The normalized spacial score (nSPS) is 16.7. The first-order valence-corrected chi connectivity index (χ1v) is 9.37. The highest BCUT2D eigenvalue weighted by Crippen LogP contribution is 2.23. The fourth-order valence-corrected chi connectivity index (χ4v) is 3.12. The highest BCUT2D eigenvalue weighted by atomic mass is 16.2. The Morgan fingerprint density at radius 2 is 1.67 bits per heavy atom. The van der Waals surface area contributed by atoms with Gasteiger partial charge in [0.15, 0.2) is 0 Å². The van der Waals surface area contributed by atoms with Crippen molar-refractivity contribution in [2.75, 3.05) is 13.1 Å². The highest BCUT2D eigenvalue weighted by Gasteiger charge is 2.38. The van der Waals surface area contributed by atoms with Gasteiger partial charge in [-0.05, 0) is 51.7 Å². The first-order valence-electron chi connectivity index (χ1n) is 9.37. The smallest absolute Gasteiger partial charge is 0.261 e. The molecule has 0 radical (unpaired) electrons. The van der Waals surface area contributed by atoms with Crippen molar-refractivity contribution in [3.63, 3.8) is 0 Å². The number of fused-ring (bicyclic) bond motifs is 1. The molecular formula is C20H25N3O4. The van der Waals surface area contributed by atoms with E-state index in [1.807, 2.05) is 0 Å². The summed E-state index contributed by atoms with van der Waals surface area (Å²) in [6.45, 7) is 3.70. The Morgan fingerprint density at radius 1 is 1.07 bits per heavy atom. The molecule has 27 heavy (non-hydrogen) atoms. The lowest BCUT2D eigenvalue weighted by Gasteiger charge is -2.31. The largest absolute Gasteiger partial charge is 0.355 e. The Labute approximate surface area is 158 Å². The van der Waals surface area contributed by atoms with Gasteiger partial charge in [0.25, 0.3) is 11.8 Å². The molecular weight excluding hydrogens is 346 g/mol. The van der Waals surface area contributed by atoms with Crippen LogP contribution < -0.4 is 10.6 Å². The van der Waals surface area contributed by atoms with E-state index in [-0.39, 0.29) is 42.8 Å². The molecule has 0 saturated heterocycles. The van der Waals surface area contributed by atoms with Crippen LogP contribution in [-0.4, -0.2) is 47.7 Å². The van der Waals surface area contributed by atoms with Crippen molar-refractivity contribution >= 4 is 23.6 Å². The van der Waals surface area contributed by atoms with E-state index in [1.54, 1.807) is 38.1 Å². The van der Waals surface area contributed by atoms with Crippen molar-refractivity contribution in [1.29, 1.82) is 0 Å². The summed E-state index contributed by atoms with van der Waals surface area (Å²) in [5.41, 5.74) is -0.328.